The van der Waals surface area contributed by atoms with E-state index in [9.17, 15) is 14.7 Å². The van der Waals surface area contributed by atoms with E-state index < -0.39 is 37.9 Å². The molecule has 1 fully saturated rings. The van der Waals surface area contributed by atoms with Crippen molar-refractivity contribution in [2.24, 2.45) is 0 Å². The second kappa shape index (κ2) is 9.75. The van der Waals surface area contributed by atoms with Crippen LogP contribution in [0.25, 0.3) is 11.1 Å². The summed E-state index contributed by atoms with van der Waals surface area (Å²) in [5.41, 5.74) is 2.86. The smallest absolute Gasteiger partial charge is 0.407 e. The van der Waals surface area contributed by atoms with Crippen molar-refractivity contribution in [3.63, 3.8) is 0 Å². The Labute approximate surface area is 225 Å². The number of fused-ring (bicyclic) bond motifs is 4. The van der Waals surface area contributed by atoms with Gasteiger partial charge < -0.3 is 24.3 Å². The summed E-state index contributed by atoms with van der Waals surface area (Å²) >= 11 is 0. The monoisotopic (exact) mass is 535 g/mol. The average molecular weight is 536 g/mol. The van der Waals surface area contributed by atoms with Crippen LogP contribution in [-0.4, -0.2) is 62.4 Å². The number of benzene rings is 2. The molecule has 2 aliphatic carbocycles. The van der Waals surface area contributed by atoms with Crippen molar-refractivity contribution < 1.29 is 28.6 Å². The summed E-state index contributed by atoms with van der Waals surface area (Å²) in [4.78, 5) is 25.8. The molecule has 0 spiro atoms. The third kappa shape index (κ3) is 4.98. The average Bonchev–Trinajstić information content (AvgIpc) is 3.60. The molecule has 2 aromatic carbocycles. The molecular formula is C30H37NO6Si. The quantitative estimate of drug-likeness (QED) is 0.367. The Balaban J connectivity index is 1.29. The number of amides is 1. The van der Waals surface area contributed by atoms with Gasteiger partial charge in [0.15, 0.2) is 19.7 Å². The Morgan fingerprint density at radius 1 is 1.11 bits per heavy atom. The van der Waals surface area contributed by atoms with Crippen LogP contribution >= 0.6 is 0 Å². The number of aliphatic hydroxyl groups is 1. The SMILES string of the molecule is CC(C)(C)[Si](C)(C)OC[C@H](C[C@@]1(O)C(=O)C=C[C@@H]2O[C@@H]21)NC(=O)OCC1c2ccccc2-c2ccccc21. The van der Waals surface area contributed by atoms with Crippen molar-refractivity contribution in [1.82, 2.24) is 5.32 Å². The molecule has 38 heavy (non-hydrogen) atoms. The topological polar surface area (TPSA) is 97.4 Å². The summed E-state index contributed by atoms with van der Waals surface area (Å²) in [5, 5.41) is 14.1. The Hall–Kier alpha value is -2.78. The molecule has 0 saturated carbocycles. The Kier molecular flexibility index (Phi) is 6.88. The first-order valence-electron chi connectivity index (χ1n) is 13.3. The molecule has 0 radical (unpaired) electrons. The molecule has 1 heterocycles. The number of hydrogen-bond acceptors (Lipinski definition) is 6. The standard InChI is InChI=1S/C30H37NO6Si/c1-29(2,3)38(4,5)36-17-19(16-30(34)26(32)15-14-25-27(30)37-25)31-28(33)35-18-24-22-12-8-6-10-20(22)21-11-7-9-13-23(21)24/h6-15,19,24-25,27,34H,16-18H2,1-5H3,(H,31,33)/t19-,25-,27-,30+/m0/s1. The van der Waals surface area contributed by atoms with Gasteiger partial charge in [0.05, 0.1) is 12.6 Å². The molecule has 1 aliphatic heterocycles. The molecule has 0 bridgehead atoms. The van der Waals surface area contributed by atoms with E-state index in [1.54, 1.807) is 6.08 Å². The summed E-state index contributed by atoms with van der Waals surface area (Å²) in [6, 6.07) is 15.7. The maximum absolute atomic E-state index is 13.1. The van der Waals surface area contributed by atoms with Crippen LogP contribution in [0.3, 0.4) is 0 Å². The van der Waals surface area contributed by atoms with Gasteiger partial charge in [-0.25, -0.2) is 4.79 Å². The number of nitrogens with one attached hydrogen (secondary N) is 1. The van der Waals surface area contributed by atoms with Crippen LogP contribution in [0.2, 0.25) is 18.1 Å². The van der Waals surface area contributed by atoms with E-state index in [1.165, 1.54) is 6.08 Å². The van der Waals surface area contributed by atoms with Gasteiger partial charge in [0.1, 0.15) is 18.8 Å². The van der Waals surface area contributed by atoms with Crippen molar-refractivity contribution >= 4 is 20.2 Å². The molecule has 7 nitrogen and oxygen atoms in total. The number of carbonyl (C=O) groups excluding carboxylic acids is 2. The highest BCUT2D eigenvalue weighted by atomic mass is 28.4. The van der Waals surface area contributed by atoms with Gasteiger partial charge in [-0.2, -0.15) is 0 Å². The van der Waals surface area contributed by atoms with E-state index in [4.69, 9.17) is 13.9 Å². The normalized spacial score (nSPS) is 24.8. The highest BCUT2D eigenvalue weighted by Crippen LogP contribution is 2.45. The minimum absolute atomic E-state index is 0.0177. The lowest BCUT2D eigenvalue weighted by Gasteiger charge is -2.38. The van der Waals surface area contributed by atoms with Crippen molar-refractivity contribution in [3.05, 3.63) is 71.8 Å². The molecule has 1 amide bonds. The Morgan fingerprint density at radius 3 is 2.32 bits per heavy atom. The first-order chi connectivity index (χ1) is 17.9. The number of ether oxygens (including phenoxy) is 2. The number of hydrogen-bond donors (Lipinski definition) is 2. The van der Waals surface area contributed by atoms with Crippen molar-refractivity contribution in [2.75, 3.05) is 13.2 Å². The lowest BCUT2D eigenvalue weighted by Crippen LogP contribution is -2.54. The molecule has 0 aromatic heterocycles. The summed E-state index contributed by atoms with van der Waals surface area (Å²) < 4.78 is 17.7. The zero-order valence-corrected chi connectivity index (χ0v) is 23.7. The molecule has 1 saturated heterocycles. The van der Waals surface area contributed by atoms with Crippen molar-refractivity contribution in [1.29, 1.82) is 0 Å². The fourth-order valence-corrected chi connectivity index (χ4v) is 6.25. The molecule has 202 valence electrons. The van der Waals surface area contributed by atoms with E-state index in [2.05, 4.69) is 63.4 Å². The number of rotatable bonds is 8. The van der Waals surface area contributed by atoms with Crippen LogP contribution in [0.15, 0.2) is 60.7 Å². The van der Waals surface area contributed by atoms with Gasteiger partial charge in [0.25, 0.3) is 0 Å². The molecule has 2 aromatic rings. The molecule has 0 unspecified atom stereocenters. The van der Waals surface area contributed by atoms with Gasteiger partial charge in [0, 0.05) is 12.3 Å². The largest absolute Gasteiger partial charge is 0.449 e. The molecule has 4 atom stereocenters. The van der Waals surface area contributed by atoms with E-state index in [1.807, 2.05) is 24.3 Å². The van der Waals surface area contributed by atoms with E-state index in [0.717, 1.165) is 22.3 Å². The Morgan fingerprint density at radius 2 is 1.71 bits per heavy atom. The van der Waals surface area contributed by atoms with Gasteiger partial charge in [-0.3, -0.25) is 4.79 Å². The number of carbonyl (C=O) groups is 2. The zero-order valence-electron chi connectivity index (χ0n) is 22.7. The van der Waals surface area contributed by atoms with Gasteiger partial charge in [0.2, 0.25) is 0 Å². The zero-order chi connectivity index (χ0) is 27.3. The third-order valence-electron chi connectivity index (χ3n) is 8.53. The second-order valence-corrected chi connectivity index (χ2v) is 16.9. The lowest BCUT2D eigenvalue weighted by molar-refractivity contribution is -0.136. The highest BCUT2D eigenvalue weighted by molar-refractivity contribution is 6.74. The molecule has 8 heteroatoms. The van der Waals surface area contributed by atoms with Gasteiger partial charge in [-0.1, -0.05) is 69.3 Å². The summed E-state index contributed by atoms with van der Waals surface area (Å²) in [6.45, 7) is 11.0. The fourth-order valence-electron chi connectivity index (χ4n) is 5.20. The van der Waals surface area contributed by atoms with Crippen molar-refractivity contribution in [2.45, 2.75) is 75.1 Å². The van der Waals surface area contributed by atoms with E-state index >= 15 is 0 Å². The molecule has 5 rings (SSSR count). The maximum Gasteiger partial charge on any atom is 0.407 e. The van der Waals surface area contributed by atoms with Crippen LogP contribution in [0.4, 0.5) is 4.79 Å². The Bertz CT molecular complexity index is 1220. The number of ketones is 1. The number of alkyl carbamates (subject to hydrolysis) is 1. The van der Waals surface area contributed by atoms with Crippen molar-refractivity contribution in [3.8, 4) is 11.1 Å². The number of epoxide rings is 1. The maximum atomic E-state index is 13.1. The predicted octanol–water partition coefficient (Wildman–Crippen LogP) is 4.94. The molecule has 3 aliphatic rings. The second-order valence-electron chi connectivity index (χ2n) is 12.1. The van der Waals surface area contributed by atoms with Gasteiger partial charge >= 0.3 is 6.09 Å². The highest BCUT2D eigenvalue weighted by Gasteiger charge is 2.59. The minimum atomic E-state index is -2.16. The first-order valence-corrected chi connectivity index (χ1v) is 16.2. The van der Waals surface area contributed by atoms with Crippen LogP contribution in [0, 0.1) is 0 Å². The van der Waals surface area contributed by atoms with E-state index in [-0.39, 0.29) is 36.7 Å². The first kappa shape index (κ1) is 26.8. The summed E-state index contributed by atoms with van der Waals surface area (Å²) in [5.74, 6) is -0.479. The fraction of sp³-hybridized carbons (Fsp3) is 0.467. The van der Waals surface area contributed by atoms with Crippen LogP contribution < -0.4 is 5.32 Å². The lowest BCUT2D eigenvalue weighted by atomic mass is 9.82. The molecule has 2 N–H and O–H groups in total. The summed E-state index contributed by atoms with van der Waals surface area (Å²) in [7, 11) is -2.16. The van der Waals surface area contributed by atoms with E-state index in [0.29, 0.717) is 0 Å². The van der Waals surface area contributed by atoms with Crippen LogP contribution in [0.1, 0.15) is 44.2 Å². The third-order valence-corrected chi connectivity index (χ3v) is 13.0. The molecular weight excluding hydrogens is 498 g/mol. The minimum Gasteiger partial charge on any atom is -0.449 e. The van der Waals surface area contributed by atoms with Gasteiger partial charge in [-0.05, 0) is 52.5 Å². The van der Waals surface area contributed by atoms with Gasteiger partial charge in [-0.15, -0.1) is 0 Å². The van der Waals surface area contributed by atoms with Crippen LogP contribution in [0.5, 0.6) is 0 Å². The summed E-state index contributed by atoms with van der Waals surface area (Å²) in [6.07, 6.45) is 1.55. The predicted molar refractivity (Wildman–Crippen MR) is 148 cm³/mol. The van der Waals surface area contributed by atoms with Crippen LogP contribution in [-0.2, 0) is 18.7 Å².